The van der Waals surface area contributed by atoms with Crippen molar-refractivity contribution in [1.82, 2.24) is 15.0 Å². The van der Waals surface area contributed by atoms with Crippen molar-refractivity contribution in [3.8, 4) is 6.01 Å². The van der Waals surface area contributed by atoms with Gasteiger partial charge in [0.1, 0.15) is 6.61 Å². The first kappa shape index (κ1) is 16.2. The third-order valence-electron chi connectivity index (χ3n) is 1.93. The van der Waals surface area contributed by atoms with Crippen LogP contribution in [0.2, 0.25) is 0 Å². The number of alkyl halides is 3. The number of aromatic nitrogens is 3. The summed E-state index contributed by atoms with van der Waals surface area (Å²) in [5.41, 5.74) is 0. The number of ether oxygens (including phenoxy) is 2. The molecule has 0 spiro atoms. The number of nitrogens with one attached hydrogen (secondary N) is 2. The molecular formula is C10H16F3N5O2. The molecule has 0 fully saturated rings. The summed E-state index contributed by atoms with van der Waals surface area (Å²) in [5, 5.41) is 5.61. The highest BCUT2D eigenvalue weighted by Crippen LogP contribution is 2.14. The van der Waals surface area contributed by atoms with Gasteiger partial charge in [-0.2, -0.15) is 28.1 Å². The van der Waals surface area contributed by atoms with Gasteiger partial charge < -0.3 is 20.1 Å². The molecule has 114 valence electrons. The van der Waals surface area contributed by atoms with Gasteiger partial charge in [0.15, 0.2) is 0 Å². The fraction of sp³-hybridized carbons (Fsp3) is 0.700. The maximum atomic E-state index is 11.8. The topological polar surface area (TPSA) is 81.2 Å². The predicted octanol–water partition coefficient (Wildman–Crippen LogP) is 1.30. The molecule has 1 heterocycles. The van der Waals surface area contributed by atoms with Crippen LogP contribution in [0.5, 0.6) is 6.01 Å². The molecule has 0 amide bonds. The molecule has 0 aliphatic carbocycles. The van der Waals surface area contributed by atoms with E-state index >= 15 is 0 Å². The number of methoxy groups -OCH3 is 1. The molecule has 0 unspecified atom stereocenters. The molecule has 2 N–H and O–H groups in total. The number of nitrogens with zero attached hydrogens (tertiary/aromatic N) is 3. The molecule has 20 heavy (non-hydrogen) atoms. The molecule has 7 nitrogen and oxygen atoms in total. The van der Waals surface area contributed by atoms with Gasteiger partial charge in [-0.3, -0.25) is 0 Å². The lowest BCUT2D eigenvalue weighted by molar-refractivity contribution is -0.172. The zero-order chi connectivity index (χ0) is 15.0. The van der Waals surface area contributed by atoms with E-state index in [-0.39, 0.29) is 25.1 Å². The van der Waals surface area contributed by atoms with Crippen LogP contribution in [-0.2, 0) is 4.74 Å². The van der Waals surface area contributed by atoms with Crippen LogP contribution in [0.3, 0.4) is 0 Å². The summed E-state index contributed by atoms with van der Waals surface area (Å²) in [7, 11) is 1.40. The average Bonchev–Trinajstić information content (AvgIpc) is 2.37. The molecule has 0 bridgehead atoms. The Morgan fingerprint density at radius 2 is 1.75 bits per heavy atom. The Bertz CT molecular complexity index is 416. The zero-order valence-electron chi connectivity index (χ0n) is 11.1. The van der Waals surface area contributed by atoms with Crippen molar-refractivity contribution in [3.05, 3.63) is 0 Å². The van der Waals surface area contributed by atoms with Crippen molar-refractivity contribution in [2.24, 2.45) is 0 Å². The minimum absolute atomic E-state index is 0.106. The van der Waals surface area contributed by atoms with Crippen molar-refractivity contribution in [3.63, 3.8) is 0 Å². The Morgan fingerprint density at radius 3 is 2.30 bits per heavy atom. The Hall–Kier alpha value is -1.84. The first-order chi connectivity index (χ1) is 9.44. The first-order valence-electron chi connectivity index (χ1n) is 5.87. The maximum Gasteiger partial charge on any atom is 0.411 e. The summed E-state index contributed by atoms with van der Waals surface area (Å²) in [6.07, 6.45) is -4.32. The quantitative estimate of drug-likeness (QED) is 0.700. The third kappa shape index (κ3) is 6.36. The molecule has 0 aliphatic rings. The molecule has 0 aliphatic heterocycles. The Balaban J connectivity index is 2.44. The minimum atomic E-state index is -4.32. The van der Waals surface area contributed by atoms with Crippen LogP contribution >= 0.6 is 0 Å². The van der Waals surface area contributed by atoms with Gasteiger partial charge in [-0.25, -0.2) is 0 Å². The number of anilines is 2. The van der Waals surface area contributed by atoms with Crippen LogP contribution in [-0.4, -0.2) is 54.5 Å². The van der Waals surface area contributed by atoms with E-state index in [1.165, 1.54) is 7.11 Å². The Labute approximate surface area is 113 Å². The van der Waals surface area contributed by atoms with Crippen LogP contribution in [0.4, 0.5) is 25.1 Å². The Kier molecular flexibility index (Phi) is 6.22. The van der Waals surface area contributed by atoms with Crippen LogP contribution in [0.25, 0.3) is 0 Å². The standard InChI is InChI=1S/C10H16F3N5O2/c1-3-14-7-16-8(18-9(17-7)19-2)15-4-5-20-6-10(11,12)13/h3-6H2,1-2H3,(H2,14,15,16,17,18). The van der Waals surface area contributed by atoms with E-state index in [9.17, 15) is 13.2 Å². The van der Waals surface area contributed by atoms with Crippen LogP contribution in [0.15, 0.2) is 0 Å². The van der Waals surface area contributed by atoms with Crippen LogP contribution in [0, 0.1) is 0 Å². The van der Waals surface area contributed by atoms with Crippen LogP contribution < -0.4 is 15.4 Å². The number of halogens is 3. The van der Waals surface area contributed by atoms with Crippen molar-refractivity contribution < 1.29 is 22.6 Å². The molecule has 0 saturated heterocycles. The fourth-order valence-corrected chi connectivity index (χ4v) is 1.19. The third-order valence-corrected chi connectivity index (χ3v) is 1.93. The van der Waals surface area contributed by atoms with E-state index in [1.807, 2.05) is 6.92 Å². The van der Waals surface area contributed by atoms with Crippen molar-refractivity contribution in [2.75, 3.05) is 44.0 Å². The summed E-state index contributed by atoms with van der Waals surface area (Å²) in [4.78, 5) is 11.9. The molecule has 1 aromatic heterocycles. The molecule has 1 aromatic rings. The lowest BCUT2D eigenvalue weighted by Crippen LogP contribution is -2.20. The van der Waals surface area contributed by atoms with Gasteiger partial charge in [-0.15, -0.1) is 0 Å². The summed E-state index contributed by atoms with van der Waals surface area (Å²) >= 11 is 0. The van der Waals surface area contributed by atoms with Gasteiger partial charge >= 0.3 is 12.2 Å². The predicted molar refractivity (Wildman–Crippen MR) is 65.9 cm³/mol. The van der Waals surface area contributed by atoms with Crippen molar-refractivity contribution in [1.29, 1.82) is 0 Å². The highest BCUT2D eigenvalue weighted by molar-refractivity contribution is 5.35. The number of hydrogen-bond donors (Lipinski definition) is 2. The normalized spacial score (nSPS) is 11.2. The van der Waals surface area contributed by atoms with E-state index < -0.39 is 12.8 Å². The van der Waals surface area contributed by atoms with E-state index in [1.54, 1.807) is 0 Å². The van der Waals surface area contributed by atoms with Crippen molar-refractivity contribution in [2.45, 2.75) is 13.1 Å². The van der Waals surface area contributed by atoms with Crippen LogP contribution in [0.1, 0.15) is 6.92 Å². The molecular weight excluding hydrogens is 279 g/mol. The molecule has 10 heteroatoms. The SMILES string of the molecule is CCNc1nc(NCCOCC(F)(F)F)nc(OC)n1. The molecule has 0 atom stereocenters. The monoisotopic (exact) mass is 295 g/mol. The highest BCUT2D eigenvalue weighted by Gasteiger charge is 2.27. The average molecular weight is 295 g/mol. The van der Waals surface area contributed by atoms with Gasteiger partial charge in [0.2, 0.25) is 11.9 Å². The van der Waals surface area contributed by atoms with E-state index in [2.05, 4.69) is 30.3 Å². The summed E-state index contributed by atoms with van der Waals surface area (Å²) in [6.45, 7) is 1.21. The zero-order valence-corrected chi connectivity index (χ0v) is 11.1. The second kappa shape index (κ2) is 7.68. The lowest BCUT2D eigenvalue weighted by atomic mass is 10.6. The maximum absolute atomic E-state index is 11.8. The summed E-state index contributed by atoms with van der Waals surface area (Å²) < 4.78 is 44.9. The largest absolute Gasteiger partial charge is 0.467 e. The highest BCUT2D eigenvalue weighted by atomic mass is 19.4. The second-order valence-electron chi connectivity index (χ2n) is 3.59. The van der Waals surface area contributed by atoms with E-state index in [0.29, 0.717) is 12.5 Å². The fourth-order valence-electron chi connectivity index (χ4n) is 1.19. The second-order valence-corrected chi connectivity index (χ2v) is 3.59. The number of rotatable bonds is 8. The van der Waals surface area contributed by atoms with E-state index in [4.69, 9.17) is 4.74 Å². The molecule has 0 saturated carbocycles. The Morgan fingerprint density at radius 1 is 1.10 bits per heavy atom. The molecule has 0 aromatic carbocycles. The number of hydrogen-bond acceptors (Lipinski definition) is 7. The van der Waals surface area contributed by atoms with E-state index in [0.717, 1.165) is 0 Å². The van der Waals surface area contributed by atoms with Crippen molar-refractivity contribution >= 4 is 11.9 Å². The van der Waals surface area contributed by atoms with Gasteiger partial charge in [0, 0.05) is 13.1 Å². The van der Waals surface area contributed by atoms with Gasteiger partial charge in [-0.1, -0.05) is 0 Å². The summed E-state index contributed by atoms with van der Waals surface area (Å²) in [5.74, 6) is 0.515. The lowest BCUT2D eigenvalue weighted by Gasteiger charge is -2.10. The summed E-state index contributed by atoms with van der Waals surface area (Å²) in [6, 6.07) is 0.106. The molecule has 0 radical (unpaired) electrons. The minimum Gasteiger partial charge on any atom is -0.467 e. The first-order valence-corrected chi connectivity index (χ1v) is 5.87. The van der Waals surface area contributed by atoms with Gasteiger partial charge in [-0.05, 0) is 6.92 Å². The van der Waals surface area contributed by atoms with Gasteiger partial charge in [0.05, 0.1) is 13.7 Å². The smallest absolute Gasteiger partial charge is 0.411 e. The van der Waals surface area contributed by atoms with Gasteiger partial charge in [0.25, 0.3) is 0 Å². The molecule has 1 rings (SSSR count).